The summed E-state index contributed by atoms with van der Waals surface area (Å²) in [7, 11) is 0. The van der Waals surface area contributed by atoms with Gasteiger partial charge < -0.3 is 4.74 Å². The molecule has 0 saturated heterocycles. The first-order chi connectivity index (χ1) is 8.29. The lowest BCUT2D eigenvalue weighted by Crippen LogP contribution is -2.37. The van der Waals surface area contributed by atoms with Crippen molar-refractivity contribution in [1.29, 1.82) is 0 Å². The van der Waals surface area contributed by atoms with Gasteiger partial charge in [-0.15, -0.1) is 11.3 Å². The predicted molar refractivity (Wildman–Crippen MR) is 73.7 cm³/mol. The number of carbonyl (C=O) groups excluding carboxylic acids is 1. The predicted octanol–water partition coefficient (Wildman–Crippen LogP) is 4.20. The Bertz CT molecular complexity index is 445. The molecule has 0 radical (unpaired) electrons. The van der Waals surface area contributed by atoms with Gasteiger partial charge in [-0.1, -0.05) is 13.8 Å². The van der Waals surface area contributed by atoms with E-state index in [0.29, 0.717) is 12.5 Å². The number of amides is 1. The van der Waals surface area contributed by atoms with Gasteiger partial charge in [0.2, 0.25) is 0 Å². The highest BCUT2D eigenvalue weighted by atomic mass is 32.1. The maximum Gasteiger partial charge on any atom is 0.411 e. The summed E-state index contributed by atoms with van der Waals surface area (Å²) in [5.74, 6) is 0.400. The lowest BCUT2D eigenvalue weighted by atomic mass is 10.0. The highest BCUT2D eigenvalue weighted by Gasteiger charge is 2.38. The van der Waals surface area contributed by atoms with Crippen LogP contribution in [-0.4, -0.2) is 16.6 Å². The third-order valence-electron chi connectivity index (χ3n) is 2.99. The zero-order valence-electron chi connectivity index (χ0n) is 11.7. The van der Waals surface area contributed by atoms with Crippen LogP contribution < -0.4 is 0 Å². The Morgan fingerprint density at radius 3 is 2.72 bits per heavy atom. The molecule has 0 spiro atoms. The molecule has 0 N–H and O–H groups in total. The topological polar surface area (TPSA) is 29.5 Å². The standard InChI is InChI=1S/C14H21NO2S/c1-9(2)11-12-10(6-7-18-12)8-15(11)13(16)17-14(3,4)5/h6-7,9,11H,8H2,1-5H3. The van der Waals surface area contributed by atoms with E-state index in [2.05, 4.69) is 25.3 Å². The average molecular weight is 267 g/mol. The van der Waals surface area contributed by atoms with Crippen molar-refractivity contribution < 1.29 is 9.53 Å². The highest BCUT2D eigenvalue weighted by Crippen LogP contribution is 2.42. The molecule has 1 amide bonds. The second-order valence-electron chi connectivity index (χ2n) is 6.11. The quantitative estimate of drug-likeness (QED) is 0.763. The molecule has 1 unspecified atom stereocenters. The van der Waals surface area contributed by atoms with Crippen LogP contribution in [0.4, 0.5) is 4.79 Å². The molecule has 2 rings (SSSR count). The summed E-state index contributed by atoms with van der Waals surface area (Å²) in [6.07, 6.45) is -0.204. The summed E-state index contributed by atoms with van der Waals surface area (Å²) in [6, 6.07) is 2.27. The van der Waals surface area contributed by atoms with Gasteiger partial charge in [-0.25, -0.2) is 4.79 Å². The molecule has 0 fully saturated rings. The molecule has 0 bridgehead atoms. The number of hydrogen-bond acceptors (Lipinski definition) is 3. The molecule has 1 aromatic rings. The van der Waals surface area contributed by atoms with E-state index < -0.39 is 5.60 Å². The molecule has 1 aromatic heterocycles. The van der Waals surface area contributed by atoms with Crippen molar-refractivity contribution in [3.05, 3.63) is 21.9 Å². The van der Waals surface area contributed by atoms with Crippen LogP contribution in [0.1, 0.15) is 51.1 Å². The van der Waals surface area contributed by atoms with E-state index in [9.17, 15) is 4.79 Å². The first-order valence-corrected chi connectivity index (χ1v) is 7.23. The van der Waals surface area contributed by atoms with E-state index in [0.717, 1.165) is 0 Å². The molecule has 4 heteroatoms. The van der Waals surface area contributed by atoms with Crippen LogP contribution in [0.5, 0.6) is 0 Å². The minimum absolute atomic E-state index is 0.162. The van der Waals surface area contributed by atoms with Gasteiger partial charge in [0.15, 0.2) is 0 Å². The molecule has 0 saturated carbocycles. The SMILES string of the molecule is CC(C)C1c2sccc2CN1C(=O)OC(C)(C)C. The molecule has 18 heavy (non-hydrogen) atoms. The van der Waals surface area contributed by atoms with Gasteiger partial charge in [-0.05, 0) is 43.7 Å². The van der Waals surface area contributed by atoms with Gasteiger partial charge in [0, 0.05) is 4.88 Å². The van der Waals surface area contributed by atoms with Gasteiger partial charge in [-0.2, -0.15) is 0 Å². The van der Waals surface area contributed by atoms with E-state index in [4.69, 9.17) is 4.74 Å². The number of rotatable bonds is 1. The number of thiophene rings is 1. The zero-order chi connectivity index (χ0) is 13.5. The summed E-state index contributed by atoms with van der Waals surface area (Å²) in [4.78, 5) is 15.4. The summed E-state index contributed by atoms with van der Waals surface area (Å²) >= 11 is 1.74. The number of ether oxygens (including phenoxy) is 1. The fourth-order valence-electron chi connectivity index (χ4n) is 2.32. The summed E-state index contributed by atoms with van der Waals surface area (Å²) in [6.45, 7) is 10.7. The van der Waals surface area contributed by atoms with E-state index in [1.165, 1.54) is 10.4 Å². The smallest absolute Gasteiger partial charge is 0.411 e. The molecule has 1 aliphatic rings. The summed E-state index contributed by atoms with van der Waals surface area (Å²) < 4.78 is 5.49. The fourth-order valence-corrected chi connectivity index (χ4v) is 3.52. The first kappa shape index (κ1) is 13.4. The Balaban J connectivity index is 2.20. The first-order valence-electron chi connectivity index (χ1n) is 6.35. The minimum Gasteiger partial charge on any atom is -0.444 e. The molecule has 0 aliphatic carbocycles. The molecular weight excluding hydrogens is 246 g/mol. The Morgan fingerprint density at radius 2 is 2.17 bits per heavy atom. The Morgan fingerprint density at radius 1 is 1.50 bits per heavy atom. The second kappa shape index (κ2) is 4.57. The van der Waals surface area contributed by atoms with Gasteiger partial charge in [0.05, 0.1) is 12.6 Å². The van der Waals surface area contributed by atoms with Gasteiger partial charge >= 0.3 is 6.09 Å². The number of nitrogens with zero attached hydrogens (tertiary/aromatic N) is 1. The number of carbonyl (C=O) groups is 1. The van der Waals surface area contributed by atoms with Crippen molar-refractivity contribution in [2.45, 2.75) is 52.8 Å². The van der Waals surface area contributed by atoms with Gasteiger partial charge in [-0.3, -0.25) is 4.90 Å². The largest absolute Gasteiger partial charge is 0.444 e. The van der Waals surface area contributed by atoms with Crippen molar-refractivity contribution in [2.75, 3.05) is 0 Å². The van der Waals surface area contributed by atoms with Crippen molar-refractivity contribution in [3.63, 3.8) is 0 Å². The molecular formula is C14H21NO2S. The Kier molecular flexibility index (Phi) is 3.41. The van der Waals surface area contributed by atoms with Crippen LogP contribution in [0.25, 0.3) is 0 Å². The van der Waals surface area contributed by atoms with Crippen LogP contribution in [0.2, 0.25) is 0 Å². The number of hydrogen-bond donors (Lipinski definition) is 0. The lowest BCUT2D eigenvalue weighted by molar-refractivity contribution is 0.0129. The number of fused-ring (bicyclic) bond motifs is 1. The van der Waals surface area contributed by atoms with Crippen molar-refractivity contribution in [3.8, 4) is 0 Å². The normalized spacial score (nSPS) is 19.2. The van der Waals surface area contributed by atoms with Crippen molar-refractivity contribution in [1.82, 2.24) is 4.90 Å². The lowest BCUT2D eigenvalue weighted by Gasteiger charge is -2.30. The maximum atomic E-state index is 12.3. The maximum absolute atomic E-state index is 12.3. The van der Waals surface area contributed by atoms with E-state index in [1.807, 2.05) is 25.7 Å². The van der Waals surface area contributed by atoms with Crippen LogP contribution >= 0.6 is 11.3 Å². The van der Waals surface area contributed by atoms with Gasteiger partial charge in [0.25, 0.3) is 0 Å². The molecule has 2 heterocycles. The molecule has 100 valence electrons. The van der Waals surface area contributed by atoms with Crippen molar-refractivity contribution in [2.24, 2.45) is 5.92 Å². The van der Waals surface area contributed by atoms with E-state index in [-0.39, 0.29) is 12.1 Å². The summed E-state index contributed by atoms with van der Waals surface area (Å²) in [5, 5.41) is 2.10. The van der Waals surface area contributed by atoms with Crippen LogP contribution in [0, 0.1) is 5.92 Å². The zero-order valence-corrected chi connectivity index (χ0v) is 12.5. The molecule has 1 atom stereocenters. The van der Waals surface area contributed by atoms with Crippen LogP contribution in [-0.2, 0) is 11.3 Å². The fraction of sp³-hybridized carbons (Fsp3) is 0.643. The van der Waals surface area contributed by atoms with Crippen LogP contribution in [0.15, 0.2) is 11.4 Å². The third-order valence-corrected chi connectivity index (χ3v) is 4.02. The third kappa shape index (κ3) is 2.53. The summed E-state index contributed by atoms with van der Waals surface area (Å²) in [5.41, 5.74) is 0.832. The molecule has 3 nitrogen and oxygen atoms in total. The monoisotopic (exact) mass is 267 g/mol. The molecule has 0 aromatic carbocycles. The Hall–Kier alpha value is -1.03. The Labute approximate surface area is 113 Å². The van der Waals surface area contributed by atoms with E-state index in [1.54, 1.807) is 11.3 Å². The van der Waals surface area contributed by atoms with Crippen molar-refractivity contribution >= 4 is 17.4 Å². The van der Waals surface area contributed by atoms with Crippen LogP contribution in [0.3, 0.4) is 0 Å². The minimum atomic E-state index is -0.436. The molecule has 1 aliphatic heterocycles. The highest BCUT2D eigenvalue weighted by molar-refractivity contribution is 7.10. The van der Waals surface area contributed by atoms with E-state index >= 15 is 0 Å². The second-order valence-corrected chi connectivity index (χ2v) is 7.05. The van der Waals surface area contributed by atoms with Gasteiger partial charge in [0.1, 0.15) is 5.60 Å². The average Bonchev–Trinajstić information content (AvgIpc) is 2.70.